The van der Waals surface area contributed by atoms with Crippen molar-refractivity contribution in [2.75, 3.05) is 18.1 Å². The SMILES string of the molecule is Cc1ccccc1C(O)C1CSCCO1. The van der Waals surface area contributed by atoms with Crippen molar-refractivity contribution in [1.29, 1.82) is 0 Å². The molecule has 3 heteroatoms. The number of aliphatic hydroxyl groups excluding tert-OH is 1. The average Bonchev–Trinajstić information content (AvgIpc) is 2.30. The fraction of sp³-hybridized carbons (Fsp3) is 0.500. The first-order valence-electron chi connectivity index (χ1n) is 5.22. The lowest BCUT2D eigenvalue weighted by atomic mass is 10.0. The molecule has 0 saturated carbocycles. The summed E-state index contributed by atoms with van der Waals surface area (Å²) in [5, 5.41) is 10.2. The zero-order valence-electron chi connectivity index (χ0n) is 8.85. The summed E-state index contributed by atoms with van der Waals surface area (Å²) in [5.41, 5.74) is 2.12. The van der Waals surface area contributed by atoms with Crippen LogP contribution in [0.15, 0.2) is 24.3 Å². The minimum absolute atomic E-state index is 0.0511. The van der Waals surface area contributed by atoms with Crippen LogP contribution in [0, 0.1) is 6.92 Å². The summed E-state index contributed by atoms with van der Waals surface area (Å²) in [6, 6.07) is 7.95. The van der Waals surface area contributed by atoms with Crippen LogP contribution >= 0.6 is 11.8 Å². The molecule has 15 heavy (non-hydrogen) atoms. The molecular weight excluding hydrogens is 208 g/mol. The van der Waals surface area contributed by atoms with E-state index >= 15 is 0 Å². The van der Waals surface area contributed by atoms with Crippen LogP contribution in [-0.4, -0.2) is 29.3 Å². The second kappa shape index (κ2) is 5.01. The molecule has 1 saturated heterocycles. The Kier molecular flexibility index (Phi) is 3.67. The highest BCUT2D eigenvalue weighted by Crippen LogP contribution is 2.27. The van der Waals surface area contributed by atoms with Crippen molar-refractivity contribution in [3.63, 3.8) is 0 Å². The van der Waals surface area contributed by atoms with Crippen LogP contribution in [-0.2, 0) is 4.74 Å². The van der Waals surface area contributed by atoms with E-state index in [0.717, 1.165) is 29.2 Å². The molecule has 0 amide bonds. The van der Waals surface area contributed by atoms with Crippen LogP contribution in [0.4, 0.5) is 0 Å². The Morgan fingerprint density at radius 2 is 2.27 bits per heavy atom. The van der Waals surface area contributed by atoms with E-state index in [-0.39, 0.29) is 6.10 Å². The first kappa shape index (κ1) is 11.0. The van der Waals surface area contributed by atoms with E-state index in [2.05, 4.69) is 0 Å². The second-order valence-electron chi connectivity index (χ2n) is 3.79. The van der Waals surface area contributed by atoms with E-state index in [9.17, 15) is 5.11 Å². The lowest BCUT2D eigenvalue weighted by molar-refractivity contribution is -0.0230. The second-order valence-corrected chi connectivity index (χ2v) is 4.94. The molecule has 2 nitrogen and oxygen atoms in total. The van der Waals surface area contributed by atoms with Gasteiger partial charge in [-0.25, -0.2) is 0 Å². The monoisotopic (exact) mass is 224 g/mol. The number of thioether (sulfide) groups is 1. The molecule has 0 spiro atoms. The number of hydrogen-bond donors (Lipinski definition) is 1. The molecule has 1 aromatic carbocycles. The van der Waals surface area contributed by atoms with Crippen LogP contribution < -0.4 is 0 Å². The Hall–Kier alpha value is -0.510. The van der Waals surface area contributed by atoms with Gasteiger partial charge in [-0.05, 0) is 18.1 Å². The maximum atomic E-state index is 10.2. The van der Waals surface area contributed by atoms with Gasteiger partial charge in [0.25, 0.3) is 0 Å². The summed E-state index contributed by atoms with van der Waals surface area (Å²) >= 11 is 1.85. The molecule has 1 aliphatic heterocycles. The van der Waals surface area contributed by atoms with Gasteiger partial charge < -0.3 is 9.84 Å². The maximum Gasteiger partial charge on any atom is 0.106 e. The minimum Gasteiger partial charge on any atom is -0.386 e. The summed E-state index contributed by atoms with van der Waals surface area (Å²) in [7, 11) is 0. The highest BCUT2D eigenvalue weighted by molar-refractivity contribution is 7.99. The fourth-order valence-electron chi connectivity index (χ4n) is 1.81. The van der Waals surface area contributed by atoms with Crippen molar-refractivity contribution in [3.8, 4) is 0 Å². The smallest absolute Gasteiger partial charge is 0.106 e. The zero-order valence-corrected chi connectivity index (χ0v) is 9.67. The summed E-state index contributed by atoms with van der Waals surface area (Å²) < 4.78 is 5.58. The Labute approximate surface area is 94.6 Å². The third-order valence-corrected chi connectivity index (χ3v) is 3.72. The van der Waals surface area contributed by atoms with Crippen molar-refractivity contribution in [2.45, 2.75) is 19.1 Å². The fourth-order valence-corrected chi connectivity index (χ4v) is 2.70. The number of aryl methyl sites for hydroxylation is 1. The molecule has 2 rings (SSSR count). The van der Waals surface area contributed by atoms with Gasteiger partial charge in [0.1, 0.15) is 6.10 Å². The first-order valence-corrected chi connectivity index (χ1v) is 6.37. The number of aliphatic hydroxyl groups is 1. The lowest BCUT2D eigenvalue weighted by Gasteiger charge is -2.27. The largest absolute Gasteiger partial charge is 0.386 e. The number of benzene rings is 1. The molecule has 0 bridgehead atoms. The minimum atomic E-state index is -0.487. The first-order chi connectivity index (χ1) is 7.29. The van der Waals surface area contributed by atoms with E-state index < -0.39 is 6.10 Å². The Morgan fingerprint density at radius 3 is 2.93 bits per heavy atom. The molecule has 0 aromatic heterocycles. The predicted octanol–water partition coefficient (Wildman–Crippen LogP) is 2.16. The van der Waals surface area contributed by atoms with Gasteiger partial charge in [-0.2, -0.15) is 11.8 Å². The Morgan fingerprint density at radius 1 is 1.47 bits per heavy atom. The number of hydrogen-bond acceptors (Lipinski definition) is 3. The molecule has 2 atom stereocenters. The van der Waals surface area contributed by atoms with Gasteiger partial charge in [0.15, 0.2) is 0 Å². The molecule has 0 radical (unpaired) electrons. The molecular formula is C12H16O2S. The molecule has 82 valence electrons. The van der Waals surface area contributed by atoms with E-state index in [0.29, 0.717) is 0 Å². The summed E-state index contributed by atoms with van der Waals surface area (Å²) in [6.07, 6.45) is -0.538. The van der Waals surface area contributed by atoms with Crippen LogP contribution in [0.1, 0.15) is 17.2 Å². The van der Waals surface area contributed by atoms with Crippen molar-refractivity contribution in [3.05, 3.63) is 35.4 Å². The van der Waals surface area contributed by atoms with Gasteiger partial charge in [-0.1, -0.05) is 24.3 Å². The van der Waals surface area contributed by atoms with Gasteiger partial charge in [-0.15, -0.1) is 0 Å². The average molecular weight is 224 g/mol. The summed E-state index contributed by atoms with van der Waals surface area (Å²) in [6.45, 7) is 2.77. The maximum absolute atomic E-state index is 10.2. The molecule has 2 unspecified atom stereocenters. The zero-order chi connectivity index (χ0) is 10.7. The molecule has 0 aliphatic carbocycles. The van der Waals surface area contributed by atoms with E-state index in [4.69, 9.17) is 4.74 Å². The molecule has 1 aliphatic rings. The molecule has 1 fully saturated rings. The van der Waals surface area contributed by atoms with Crippen LogP contribution in [0.25, 0.3) is 0 Å². The van der Waals surface area contributed by atoms with Crippen molar-refractivity contribution in [2.24, 2.45) is 0 Å². The van der Waals surface area contributed by atoms with E-state index in [1.165, 1.54) is 0 Å². The number of ether oxygens (including phenoxy) is 1. The van der Waals surface area contributed by atoms with E-state index in [1.807, 2.05) is 43.0 Å². The normalized spacial score (nSPS) is 23.7. The van der Waals surface area contributed by atoms with Gasteiger partial charge in [0.2, 0.25) is 0 Å². The topological polar surface area (TPSA) is 29.5 Å². The molecule has 1 aromatic rings. The van der Waals surface area contributed by atoms with Gasteiger partial charge >= 0.3 is 0 Å². The highest BCUT2D eigenvalue weighted by atomic mass is 32.2. The quantitative estimate of drug-likeness (QED) is 0.834. The van der Waals surface area contributed by atoms with E-state index in [1.54, 1.807) is 0 Å². The van der Waals surface area contributed by atoms with Crippen molar-refractivity contribution >= 4 is 11.8 Å². The standard InChI is InChI=1S/C12H16O2S/c1-9-4-2-3-5-10(9)12(13)11-8-15-7-6-14-11/h2-5,11-13H,6-8H2,1H3. The molecule has 1 heterocycles. The Balaban J connectivity index is 2.12. The van der Waals surface area contributed by atoms with Gasteiger partial charge in [0.05, 0.1) is 12.7 Å². The molecule has 1 N–H and O–H groups in total. The van der Waals surface area contributed by atoms with Crippen molar-refractivity contribution in [1.82, 2.24) is 0 Å². The van der Waals surface area contributed by atoms with Gasteiger partial charge in [0, 0.05) is 11.5 Å². The summed E-state index contributed by atoms with van der Waals surface area (Å²) in [4.78, 5) is 0. The van der Waals surface area contributed by atoms with Crippen molar-refractivity contribution < 1.29 is 9.84 Å². The summed E-state index contributed by atoms with van der Waals surface area (Å²) in [5.74, 6) is 1.92. The van der Waals surface area contributed by atoms with Crippen LogP contribution in [0.2, 0.25) is 0 Å². The third kappa shape index (κ3) is 2.54. The van der Waals surface area contributed by atoms with Crippen LogP contribution in [0.5, 0.6) is 0 Å². The highest BCUT2D eigenvalue weighted by Gasteiger charge is 2.24. The predicted molar refractivity (Wildman–Crippen MR) is 63.2 cm³/mol. The number of rotatable bonds is 2. The third-order valence-electron chi connectivity index (χ3n) is 2.70. The lowest BCUT2D eigenvalue weighted by Crippen LogP contribution is -2.30. The van der Waals surface area contributed by atoms with Crippen LogP contribution in [0.3, 0.4) is 0 Å². The Bertz CT molecular complexity index is 321. The van der Waals surface area contributed by atoms with Gasteiger partial charge in [-0.3, -0.25) is 0 Å².